The van der Waals surface area contributed by atoms with Crippen molar-refractivity contribution in [1.29, 1.82) is 0 Å². The van der Waals surface area contributed by atoms with E-state index in [2.05, 4.69) is 15.6 Å². The highest BCUT2D eigenvalue weighted by atomic mass is 19.1. The molecule has 1 aromatic rings. The second-order valence-corrected chi connectivity index (χ2v) is 9.02. The molecule has 7 heteroatoms. The summed E-state index contributed by atoms with van der Waals surface area (Å²) < 4.78 is 34.3. The molecule has 0 radical (unpaired) electrons. The van der Waals surface area contributed by atoms with Crippen LogP contribution in [0.5, 0.6) is 0 Å². The maximum atomic E-state index is 14.1. The molecule has 2 saturated heterocycles. The fourth-order valence-corrected chi connectivity index (χ4v) is 6.29. The van der Waals surface area contributed by atoms with Crippen molar-refractivity contribution in [2.45, 2.75) is 56.7 Å². The lowest BCUT2D eigenvalue weighted by atomic mass is 9.54. The monoisotopic (exact) mass is 404 g/mol. The van der Waals surface area contributed by atoms with Crippen LogP contribution in [0.2, 0.25) is 0 Å². The van der Waals surface area contributed by atoms with Crippen molar-refractivity contribution >= 4 is 11.6 Å². The van der Waals surface area contributed by atoms with Crippen molar-refractivity contribution in [3.63, 3.8) is 0 Å². The van der Waals surface area contributed by atoms with Crippen molar-refractivity contribution in [1.82, 2.24) is 10.6 Å². The molecule has 5 rings (SSSR count). The van der Waals surface area contributed by atoms with E-state index in [1.807, 2.05) is 0 Å². The summed E-state index contributed by atoms with van der Waals surface area (Å²) >= 11 is 0. The van der Waals surface area contributed by atoms with Crippen LogP contribution >= 0.6 is 0 Å². The zero-order valence-corrected chi connectivity index (χ0v) is 17.0. The third-order valence-corrected chi connectivity index (χ3v) is 7.58. The zero-order valence-electron chi connectivity index (χ0n) is 17.0. The Morgan fingerprint density at radius 1 is 1.17 bits per heavy atom. The molecule has 4 fully saturated rings. The first-order chi connectivity index (χ1) is 14.1. The van der Waals surface area contributed by atoms with E-state index in [9.17, 15) is 8.78 Å². The van der Waals surface area contributed by atoms with Gasteiger partial charge in [0.15, 0.2) is 5.96 Å². The lowest BCUT2D eigenvalue weighted by Gasteiger charge is -2.57. The first-order valence-corrected chi connectivity index (χ1v) is 10.9. The summed E-state index contributed by atoms with van der Waals surface area (Å²) in [5.74, 6) is 0.364. The summed E-state index contributed by atoms with van der Waals surface area (Å²) in [5, 5.41) is 7.20. The minimum atomic E-state index is -0.502. The van der Waals surface area contributed by atoms with Gasteiger partial charge in [-0.1, -0.05) is 18.9 Å². The molecule has 2 N–H and O–H groups in total. The third kappa shape index (κ3) is 3.09. The molecule has 4 unspecified atom stereocenters. The van der Waals surface area contributed by atoms with Gasteiger partial charge < -0.3 is 20.3 Å². The normalized spacial score (nSPS) is 33.1. The van der Waals surface area contributed by atoms with Crippen LogP contribution in [0.1, 0.15) is 38.5 Å². The molecule has 2 heterocycles. The topological polar surface area (TPSA) is 48.9 Å². The lowest BCUT2D eigenvalue weighted by molar-refractivity contribution is -0.125. The molecule has 29 heavy (non-hydrogen) atoms. The van der Waals surface area contributed by atoms with Crippen LogP contribution in [-0.2, 0) is 4.74 Å². The number of guanidine groups is 1. The average Bonchev–Trinajstić information content (AvgIpc) is 3.45. The van der Waals surface area contributed by atoms with E-state index in [1.165, 1.54) is 43.9 Å². The van der Waals surface area contributed by atoms with Gasteiger partial charge in [-0.2, -0.15) is 0 Å². The second kappa shape index (κ2) is 7.42. The molecule has 0 amide bonds. The fourth-order valence-electron chi connectivity index (χ4n) is 6.29. The number of rotatable bonds is 3. The van der Waals surface area contributed by atoms with Gasteiger partial charge in [0.25, 0.3) is 0 Å². The van der Waals surface area contributed by atoms with E-state index in [0.717, 1.165) is 25.4 Å². The molecule has 0 aromatic heterocycles. The highest BCUT2D eigenvalue weighted by Crippen LogP contribution is 2.60. The molecule has 2 saturated carbocycles. The first kappa shape index (κ1) is 19.1. The Hall–Kier alpha value is -1.89. The van der Waals surface area contributed by atoms with E-state index in [0.29, 0.717) is 31.2 Å². The van der Waals surface area contributed by atoms with Crippen LogP contribution in [0.4, 0.5) is 14.5 Å². The van der Waals surface area contributed by atoms with Crippen molar-refractivity contribution in [2.24, 2.45) is 16.3 Å². The molecular weight excluding hydrogens is 374 g/mol. The maximum absolute atomic E-state index is 14.1. The van der Waals surface area contributed by atoms with Gasteiger partial charge in [0.05, 0.1) is 6.10 Å². The number of nitrogens with one attached hydrogen (secondary N) is 2. The van der Waals surface area contributed by atoms with E-state index in [1.54, 1.807) is 11.9 Å². The number of anilines is 1. The molecule has 4 aliphatic rings. The van der Waals surface area contributed by atoms with Crippen LogP contribution in [-0.4, -0.2) is 50.9 Å². The minimum Gasteiger partial charge on any atom is -0.377 e. The standard InChI is InChI=1S/C22H30F2N4O/c1-25-21(27-19-15-8-12-29-20(15)22(19)9-2-3-10-22)26-14-7-11-28(13-14)18-16(23)5-4-6-17(18)24/h4-6,14-15,19-20H,2-3,7-13H2,1H3,(H2,25,26,27). The zero-order chi connectivity index (χ0) is 20.0. The number of nitrogens with zero attached hydrogens (tertiary/aromatic N) is 2. The number of benzene rings is 1. The Morgan fingerprint density at radius 2 is 1.93 bits per heavy atom. The summed E-state index contributed by atoms with van der Waals surface area (Å²) in [6, 6.07) is 4.55. The summed E-state index contributed by atoms with van der Waals surface area (Å²) in [6.07, 6.45) is 7.36. The Kier molecular flexibility index (Phi) is 4.88. The van der Waals surface area contributed by atoms with E-state index in [4.69, 9.17) is 4.74 Å². The quantitative estimate of drug-likeness (QED) is 0.601. The highest BCUT2D eigenvalue weighted by molar-refractivity contribution is 5.81. The van der Waals surface area contributed by atoms with Crippen molar-refractivity contribution in [3.8, 4) is 0 Å². The van der Waals surface area contributed by atoms with Gasteiger partial charge in [-0.3, -0.25) is 4.99 Å². The van der Waals surface area contributed by atoms with Crippen LogP contribution in [0.3, 0.4) is 0 Å². The van der Waals surface area contributed by atoms with Gasteiger partial charge in [-0.05, 0) is 37.8 Å². The predicted molar refractivity (Wildman–Crippen MR) is 109 cm³/mol. The highest BCUT2D eigenvalue weighted by Gasteiger charge is 2.65. The largest absolute Gasteiger partial charge is 0.377 e. The number of hydrogen-bond donors (Lipinski definition) is 2. The lowest BCUT2D eigenvalue weighted by Crippen LogP contribution is -2.69. The molecule has 0 bridgehead atoms. The van der Waals surface area contributed by atoms with Crippen LogP contribution < -0.4 is 15.5 Å². The number of para-hydroxylation sites is 1. The average molecular weight is 405 g/mol. The predicted octanol–water partition coefficient (Wildman–Crippen LogP) is 3.06. The summed E-state index contributed by atoms with van der Waals surface area (Å²) in [4.78, 5) is 6.25. The maximum Gasteiger partial charge on any atom is 0.191 e. The van der Waals surface area contributed by atoms with E-state index < -0.39 is 11.6 Å². The Morgan fingerprint density at radius 3 is 2.66 bits per heavy atom. The van der Waals surface area contributed by atoms with Gasteiger partial charge >= 0.3 is 0 Å². The van der Waals surface area contributed by atoms with Gasteiger partial charge in [0.2, 0.25) is 0 Å². The Balaban J connectivity index is 1.24. The third-order valence-electron chi connectivity index (χ3n) is 7.58. The van der Waals surface area contributed by atoms with Gasteiger partial charge in [-0.15, -0.1) is 0 Å². The fraction of sp³-hybridized carbons (Fsp3) is 0.682. The van der Waals surface area contributed by atoms with Crippen LogP contribution in [0.15, 0.2) is 23.2 Å². The Labute approximate surface area is 170 Å². The smallest absolute Gasteiger partial charge is 0.191 e. The molecule has 158 valence electrons. The van der Waals surface area contributed by atoms with Crippen molar-refractivity contribution in [2.75, 3.05) is 31.6 Å². The second-order valence-electron chi connectivity index (χ2n) is 9.02. The van der Waals surface area contributed by atoms with Crippen molar-refractivity contribution in [3.05, 3.63) is 29.8 Å². The van der Waals surface area contributed by atoms with Gasteiger partial charge in [0.1, 0.15) is 17.3 Å². The number of hydrogen-bond acceptors (Lipinski definition) is 3. The first-order valence-electron chi connectivity index (χ1n) is 10.9. The van der Waals surface area contributed by atoms with Gasteiger partial charge in [-0.25, -0.2) is 8.78 Å². The molecule has 2 aliphatic carbocycles. The SMILES string of the molecule is CN=C(NC1CCN(c2c(F)cccc2F)C1)NC1C2CCOC2C12CCCC2. The molecule has 1 aromatic carbocycles. The molecule has 2 aliphatic heterocycles. The molecule has 5 nitrogen and oxygen atoms in total. The van der Waals surface area contributed by atoms with E-state index >= 15 is 0 Å². The number of fused-ring (bicyclic) bond motifs is 2. The van der Waals surface area contributed by atoms with Crippen LogP contribution in [0.25, 0.3) is 0 Å². The summed E-state index contributed by atoms with van der Waals surface area (Å²) in [5.41, 5.74) is 0.339. The Bertz CT molecular complexity index is 775. The summed E-state index contributed by atoms with van der Waals surface area (Å²) in [7, 11) is 1.79. The summed E-state index contributed by atoms with van der Waals surface area (Å²) in [6.45, 7) is 2.05. The van der Waals surface area contributed by atoms with E-state index in [-0.39, 0.29) is 17.1 Å². The number of ether oxygens (including phenoxy) is 1. The molecule has 1 spiro atoms. The van der Waals surface area contributed by atoms with Crippen LogP contribution in [0, 0.1) is 23.0 Å². The van der Waals surface area contributed by atoms with Gasteiger partial charge in [0, 0.05) is 50.2 Å². The molecular formula is C22H30F2N4O. The molecule has 4 atom stereocenters. The van der Waals surface area contributed by atoms with Crippen molar-refractivity contribution < 1.29 is 13.5 Å². The number of halogens is 2. The minimum absolute atomic E-state index is 0.0783. The number of aliphatic imine (C=N–C) groups is 1.